The lowest BCUT2D eigenvalue weighted by molar-refractivity contribution is 0.613. The molecule has 12 aromatic rings. The number of anilines is 3. The molecule has 3 heteroatoms. The molecular formula is C64H44N2O. The van der Waals surface area contributed by atoms with Crippen LogP contribution in [0.2, 0.25) is 0 Å². The minimum Gasteiger partial charge on any atom is -0.456 e. The number of benzene rings is 10. The lowest BCUT2D eigenvalue weighted by atomic mass is 9.71. The van der Waals surface area contributed by atoms with E-state index in [2.05, 4.69) is 222 Å². The second-order valence-electron chi connectivity index (χ2n) is 18.3. The molecular weight excluding hydrogens is 813 g/mol. The molecule has 0 spiro atoms. The Balaban J connectivity index is 0.935. The number of hydrogen-bond donors (Lipinski definition) is 0. The van der Waals surface area contributed by atoms with Crippen LogP contribution >= 0.6 is 0 Å². The first-order valence-corrected chi connectivity index (χ1v) is 23.6. The third kappa shape index (κ3) is 6.05. The van der Waals surface area contributed by atoms with Crippen LogP contribution in [0.5, 0.6) is 0 Å². The highest BCUT2D eigenvalue weighted by atomic mass is 16.3. The van der Waals surface area contributed by atoms with Crippen molar-refractivity contribution >= 4 is 60.8 Å². The van der Waals surface area contributed by atoms with E-state index in [1.807, 2.05) is 12.1 Å². The van der Waals surface area contributed by atoms with Crippen LogP contribution < -0.4 is 4.90 Å². The smallest absolute Gasteiger partial charge is 0.135 e. The van der Waals surface area contributed by atoms with Crippen LogP contribution in [0.1, 0.15) is 29.0 Å². The predicted octanol–water partition coefficient (Wildman–Crippen LogP) is 17.4. The zero-order valence-electron chi connectivity index (χ0n) is 36.9. The molecule has 0 amide bonds. The van der Waals surface area contributed by atoms with Gasteiger partial charge >= 0.3 is 0 Å². The molecule has 2 bridgehead atoms. The maximum Gasteiger partial charge on any atom is 0.135 e. The molecule has 0 N–H and O–H groups in total. The van der Waals surface area contributed by atoms with E-state index in [1.165, 1.54) is 88.7 Å². The first-order valence-electron chi connectivity index (χ1n) is 23.6. The molecule has 0 saturated carbocycles. The van der Waals surface area contributed by atoms with Crippen molar-refractivity contribution in [2.24, 2.45) is 0 Å². The quantitative estimate of drug-likeness (QED) is 0.166. The fourth-order valence-electron chi connectivity index (χ4n) is 11.6. The van der Waals surface area contributed by atoms with Gasteiger partial charge in [0.05, 0.1) is 16.7 Å². The Morgan fingerprint density at radius 2 is 1.06 bits per heavy atom. The highest BCUT2D eigenvalue weighted by Gasteiger charge is 2.32. The molecule has 316 valence electrons. The standard InChI is InChI=1S/C64H44N2O/c1-2-13-47(14-3-1)66-59-20-10-8-18-54(59)55-34-28-45(40-61(55)66)42-26-32-49(33-27-42)65(48-30-24-41(25-31-48)44-29-37-63-57(38-44)56-19-9-11-21-62(56)67-63)60-36-35-53-52-17-7-6-15-50(52)46-23-22-43-12-4-5-16-51(43)64(60)58(53)39-46/h1-21,24-38,40,46H,22-23,39H2. The molecule has 3 nitrogen and oxygen atoms in total. The van der Waals surface area contributed by atoms with Gasteiger partial charge < -0.3 is 13.9 Å². The average molecular weight is 857 g/mol. The van der Waals surface area contributed by atoms with Crippen LogP contribution in [0.3, 0.4) is 0 Å². The van der Waals surface area contributed by atoms with Gasteiger partial charge in [-0.1, -0.05) is 152 Å². The normalized spacial score (nSPS) is 13.9. The first-order chi connectivity index (χ1) is 33.2. The van der Waals surface area contributed by atoms with Crippen LogP contribution in [-0.4, -0.2) is 4.57 Å². The molecule has 2 aliphatic rings. The number of furan rings is 1. The Kier molecular flexibility index (Phi) is 8.54. The van der Waals surface area contributed by atoms with Gasteiger partial charge in [0, 0.05) is 44.2 Å². The predicted molar refractivity (Wildman–Crippen MR) is 279 cm³/mol. The number of hydrogen-bond acceptors (Lipinski definition) is 2. The SMILES string of the molecule is c1ccc(-n2c3ccccc3c3ccc(-c4ccc(N(c5ccc(-c6ccc7oc8ccccc8c7c6)cc5)c5ccc6c7c5-c5ccccc5CCC(C7)c5ccccc5-6)cc4)cc32)cc1. The molecule has 10 aromatic carbocycles. The Morgan fingerprint density at radius 1 is 0.433 bits per heavy atom. The molecule has 0 radical (unpaired) electrons. The van der Waals surface area contributed by atoms with E-state index < -0.39 is 0 Å². The Bertz CT molecular complexity index is 3890. The zero-order valence-corrected chi connectivity index (χ0v) is 36.9. The average Bonchev–Trinajstić information content (AvgIpc) is 3.93. The number of aromatic nitrogens is 1. The van der Waals surface area contributed by atoms with Crippen LogP contribution in [0.25, 0.3) is 93.9 Å². The van der Waals surface area contributed by atoms with E-state index >= 15 is 0 Å². The molecule has 0 aliphatic heterocycles. The van der Waals surface area contributed by atoms with E-state index in [0.717, 1.165) is 58.3 Å². The number of nitrogens with zero attached hydrogens (tertiary/aromatic N) is 2. The maximum absolute atomic E-state index is 6.20. The lowest BCUT2D eigenvalue weighted by Gasteiger charge is -2.36. The van der Waals surface area contributed by atoms with Gasteiger partial charge in [-0.3, -0.25) is 0 Å². The third-order valence-corrected chi connectivity index (χ3v) is 14.7. The van der Waals surface area contributed by atoms with Crippen molar-refractivity contribution in [1.29, 1.82) is 0 Å². The van der Waals surface area contributed by atoms with Gasteiger partial charge in [-0.25, -0.2) is 0 Å². The number of fused-ring (bicyclic) bond motifs is 12. The van der Waals surface area contributed by atoms with Gasteiger partial charge in [-0.15, -0.1) is 0 Å². The van der Waals surface area contributed by atoms with Gasteiger partial charge in [0.25, 0.3) is 0 Å². The summed E-state index contributed by atoms with van der Waals surface area (Å²) in [4.78, 5) is 2.50. The molecule has 14 rings (SSSR count). The van der Waals surface area contributed by atoms with Gasteiger partial charge in [-0.05, 0) is 154 Å². The molecule has 1 unspecified atom stereocenters. The summed E-state index contributed by atoms with van der Waals surface area (Å²) >= 11 is 0. The molecule has 2 heterocycles. The molecule has 2 aliphatic carbocycles. The highest BCUT2D eigenvalue weighted by molar-refractivity contribution is 6.10. The summed E-state index contributed by atoms with van der Waals surface area (Å²) in [6, 6.07) is 82.8. The van der Waals surface area contributed by atoms with Crippen molar-refractivity contribution in [3.8, 4) is 50.2 Å². The second kappa shape index (κ2) is 15.1. The minimum absolute atomic E-state index is 0.473. The van der Waals surface area contributed by atoms with Gasteiger partial charge in [-0.2, -0.15) is 0 Å². The number of para-hydroxylation sites is 3. The van der Waals surface area contributed by atoms with Crippen molar-refractivity contribution in [2.45, 2.75) is 25.2 Å². The molecule has 0 saturated heterocycles. The van der Waals surface area contributed by atoms with Crippen LogP contribution in [0.4, 0.5) is 17.1 Å². The molecule has 2 aromatic heterocycles. The maximum atomic E-state index is 6.20. The topological polar surface area (TPSA) is 21.3 Å². The largest absolute Gasteiger partial charge is 0.456 e. The zero-order chi connectivity index (χ0) is 44.0. The van der Waals surface area contributed by atoms with E-state index in [1.54, 1.807) is 0 Å². The summed E-state index contributed by atoms with van der Waals surface area (Å²) in [6.07, 6.45) is 3.22. The minimum atomic E-state index is 0.473. The Labute approximate surface area is 389 Å². The molecule has 67 heavy (non-hydrogen) atoms. The fourth-order valence-corrected chi connectivity index (χ4v) is 11.6. The first kappa shape index (κ1) is 37.9. The van der Waals surface area contributed by atoms with Gasteiger partial charge in [0.15, 0.2) is 0 Å². The summed E-state index contributed by atoms with van der Waals surface area (Å²) in [7, 11) is 0. The van der Waals surface area contributed by atoms with Gasteiger partial charge in [0.1, 0.15) is 11.2 Å². The number of rotatable bonds is 6. The van der Waals surface area contributed by atoms with Crippen molar-refractivity contribution in [3.63, 3.8) is 0 Å². The Morgan fingerprint density at radius 3 is 1.88 bits per heavy atom. The third-order valence-electron chi connectivity index (χ3n) is 14.7. The lowest BCUT2D eigenvalue weighted by Crippen LogP contribution is -2.19. The second-order valence-corrected chi connectivity index (χ2v) is 18.3. The van der Waals surface area contributed by atoms with E-state index in [4.69, 9.17) is 4.42 Å². The summed E-state index contributed by atoms with van der Waals surface area (Å²) < 4.78 is 8.60. The monoisotopic (exact) mass is 856 g/mol. The van der Waals surface area contributed by atoms with Crippen LogP contribution in [0, 0.1) is 0 Å². The summed E-state index contributed by atoms with van der Waals surface area (Å²) in [5.41, 5.74) is 23.3. The summed E-state index contributed by atoms with van der Waals surface area (Å²) in [6.45, 7) is 0. The van der Waals surface area contributed by atoms with Crippen LogP contribution in [-0.2, 0) is 12.8 Å². The highest BCUT2D eigenvalue weighted by Crippen LogP contribution is 2.53. The number of aryl methyl sites for hydroxylation is 1. The molecule has 0 fully saturated rings. The molecule has 1 atom stereocenters. The Hall–Kier alpha value is -8.40. The van der Waals surface area contributed by atoms with E-state index in [0.29, 0.717) is 5.92 Å². The van der Waals surface area contributed by atoms with Crippen molar-refractivity contribution in [1.82, 2.24) is 4.57 Å². The van der Waals surface area contributed by atoms with E-state index in [9.17, 15) is 0 Å². The summed E-state index contributed by atoms with van der Waals surface area (Å²) in [5, 5.41) is 4.80. The summed E-state index contributed by atoms with van der Waals surface area (Å²) in [5.74, 6) is 0.473. The van der Waals surface area contributed by atoms with Crippen molar-refractivity contribution < 1.29 is 4.42 Å². The van der Waals surface area contributed by atoms with E-state index in [-0.39, 0.29) is 0 Å². The van der Waals surface area contributed by atoms with Crippen molar-refractivity contribution in [3.05, 3.63) is 241 Å². The fraction of sp³-hybridized carbons (Fsp3) is 0.0625. The van der Waals surface area contributed by atoms with Gasteiger partial charge in [0.2, 0.25) is 0 Å². The van der Waals surface area contributed by atoms with Crippen LogP contribution in [0.15, 0.2) is 229 Å². The van der Waals surface area contributed by atoms with Crippen molar-refractivity contribution in [2.75, 3.05) is 4.90 Å².